The van der Waals surface area contributed by atoms with Crippen LogP contribution in [0.3, 0.4) is 0 Å². The molecule has 4 heterocycles. The second-order valence-electron chi connectivity index (χ2n) is 8.90. The van der Waals surface area contributed by atoms with Crippen molar-refractivity contribution in [3.8, 4) is 23.0 Å². The van der Waals surface area contributed by atoms with E-state index in [-0.39, 0.29) is 22.6 Å². The summed E-state index contributed by atoms with van der Waals surface area (Å²) in [7, 11) is 0. The number of amides is 1. The highest BCUT2D eigenvalue weighted by Gasteiger charge is 2.35. The van der Waals surface area contributed by atoms with E-state index < -0.39 is 11.4 Å². The first-order valence-corrected chi connectivity index (χ1v) is 11.5. The Morgan fingerprint density at radius 2 is 1.91 bits per heavy atom. The maximum atomic E-state index is 14.4. The number of H-pyrrole nitrogens is 1. The summed E-state index contributed by atoms with van der Waals surface area (Å²) in [4.78, 5) is 34.4. The molecule has 8 nitrogen and oxygen atoms in total. The highest BCUT2D eigenvalue weighted by atomic mass is 19.1. The summed E-state index contributed by atoms with van der Waals surface area (Å²) < 4.78 is 15.6. The average molecular weight is 461 g/mol. The largest absolute Gasteiger partial charge is 0.335 e. The van der Waals surface area contributed by atoms with Crippen LogP contribution in [0.2, 0.25) is 0 Å². The van der Waals surface area contributed by atoms with Gasteiger partial charge in [-0.2, -0.15) is 5.26 Å². The standard InChI is InChI=1S/C25H25FN6O2/c1-16-20(7-5-17(11-27)23(16)26)21-13-29-32(25(21)34)22-8-6-18(12-28-22)24(33)31-14-19(15-31)30-9-3-2-4-10-30/h5-8,12-13,19,29H,2-4,9-10,14-15H2,1H3. The SMILES string of the molecule is Cc1c(-c2c[nH]n(-c3ccc(C(=O)N4CC(N5CCCCC5)C4)cn3)c2=O)ccc(C#N)c1F. The number of nitriles is 1. The number of rotatable bonds is 4. The molecule has 2 saturated heterocycles. The number of hydrogen-bond acceptors (Lipinski definition) is 5. The van der Waals surface area contributed by atoms with Gasteiger partial charge in [0.1, 0.15) is 11.9 Å². The summed E-state index contributed by atoms with van der Waals surface area (Å²) in [5.74, 6) is -0.369. The van der Waals surface area contributed by atoms with Crippen LogP contribution < -0.4 is 5.56 Å². The Hall–Kier alpha value is -3.77. The number of nitrogens with one attached hydrogen (secondary N) is 1. The van der Waals surface area contributed by atoms with Gasteiger partial charge in [-0.15, -0.1) is 0 Å². The van der Waals surface area contributed by atoms with E-state index >= 15 is 0 Å². The molecule has 0 saturated carbocycles. The fourth-order valence-corrected chi connectivity index (χ4v) is 4.76. The van der Waals surface area contributed by atoms with Gasteiger partial charge in [-0.05, 0) is 62.2 Å². The molecular weight excluding hydrogens is 435 g/mol. The molecule has 0 aliphatic carbocycles. The predicted molar refractivity (Wildman–Crippen MR) is 124 cm³/mol. The Kier molecular flexibility index (Phi) is 5.75. The molecule has 2 fully saturated rings. The van der Waals surface area contributed by atoms with E-state index in [1.54, 1.807) is 24.3 Å². The predicted octanol–water partition coefficient (Wildman–Crippen LogP) is 2.86. The summed E-state index contributed by atoms with van der Waals surface area (Å²) >= 11 is 0. The molecule has 1 amide bonds. The van der Waals surface area contributed by atoms with Gasteiger partial charge in [0.05, 0.1) is 16.7 Å². The van der Waals surface area contributed by atoms with Gasteiger partial charge in [-0.3, -0.25) is 19.6 Å². The minimum Gasteiger partial charge on any atom is -0.335 e. The number of piperidine rings is 1. The van der Waals surface area contributed by atoms with Crippen molar-refractivity contribution in [2.24, 2.45) is 0 Å². The second kappa shape index (κ2) is 8.88. The first-order valence-electron chi connectivity index (χ1n) is 11.5. The molecule has 5 rings (SSSR count). The van der Waals surface area contributed by atoms with Crippen molar-refractivity contribution in [1.29, 1.82) is 5.26 Å². The molecule has 1 aromatic carbocycles. The van der Waals surface area contributed by atoms with E-state index in [4.69, 9.17) is 5.26 Å². The number of carbonyl (C=O) groups excluding carboxylic acids is 1. The molecule has 1 N–H and O–H groups in total. The second-order valence-corrected chi connectivity index (χ2v) is 8.90. The lowest BCUT2D eigenvalue weighted by atomic mass is 10.0. The van der Waals surface area contributed by atoms with E-state index in [0.29, 0.717) is 23.0 Å². The minimum absolute atomic E-state index is 0.0597. The molecule has 3 aromatic rings. The van der Waals surface area contributed by atoms with Gasteiger partial charge in [0.15, 0.2) is 5.82 Å². The zero-order valence-corrected chi connectivity index (χ0v) is 18.9. The van der Waals surface area contributed by atoms with Gasteiger partial charge in [0, 0.05) is 31.5 Å². The van der Waals surface area contributed by atoms with E-state index in [9.17, 15) is 14.0 Å². The van der Waals surface area contributed by atoms with Gasteiger partial charge in [0.2, 0.25) is 0 Å². The zero-order chi connectivity index (χ0) is 23.8. The molecule has 174 valence electrons. The van der Waals surface area contributed by atoms with Crippen LogP contribution in [0.5, 0.6) is 0 Å². The zero-order valence-electron chi connectivity index (χ0n) is 18.9. The summed E-state index contributed by atoms with van der Waals surface area (Å²) in [5, 5.41) is 11.9. The van der Waals surface area contributed by atoms with Gasteiger partial charge in [-0.25, -0.2) is 14.1 Å². The van der Waals surface area contributed by atoms with Crippen molar-refractivity contribution in [2.45, 2.75) is 32.2 Å². The number of aromatic nitrogens is 3. The molecule has 2 aliphatic heterocycles. The van der Waals surface area contributed by atoms with Crippen LogP contribution >= 0.6 is 0 Å². The fourth-order valence-electron chi connectivity index (χ4n) is 4.76. The van der Waals surface area contributed by atoms with Gasteiger partial charge in [0.25, 0.3) is 11.5 Å². The van der Waals surface area contributed by atoms with Crippen molar-refractivity contribution >= 4 is 5.91 Å². The normalized spacial score (nSPS) is 16.8. The third-order valence-electron chi connectivity index (χ3n) is 6.85. The van der Waals surface area contributed by atoms with Crippen LogP contribution in [0.15, 0.2) is 41.5 Å². The van der Waals surface area contributed by atoms with Gasteiger partial charge < -0.3 is 4.90 Å². The molecular formula is C25H25FN6O2. The number of hydrogen-bond donors (Lipinski definition) is 1. The number of halogens is 1. The molecule has 0 unspecified atom stereocenters. The van der Waals surface area contributed by atoms with Crippen LogP contribution in [0.25, 0.3) is 16.9 Å². The lowest BCUT2D eigenvalue weighted by molar-refractivity contribution is 0.0203. The van der Waals surface area contributed by atoms with Gasteiger partial charge >= 0.3 is 0 Å². The lowest BCUT2D eigenvalue weighted by Crippen LogP contribution is -2.61. The number of benzene rings is 1. The molecule has 0 radical (unpaired) electrons. The highest BCUT2D eigenvalue weighted by molar-refractivity contribution is 5.94. The van der Waals surface area contributed by atoms with E-state index in [2.05, 4.69) is 15.0 Å². The van der Waals surface area contributed by atoms with E-state index in [0.717, 1.165) is 26.2 Å². The third-order valence-corrected chi connectivity index (χ3v) is 6.85. The van der Waals surface area contributed by atoms with Crippen LogP contribution in [-0.2, 0) is 0 Å². The fraction of sp³-hybridized carbons (Fsp3) is 0.360. The molecule has 34 heavy (non-hydrogen) atoms. The molecule has 9 heteroatoms. The maximum Gasteiger partial charge on any atom is 0.280 e. The quantitative estimate of drug-likeness (QED) is 0.646. The smallest absolute Gasteiger partial charge is 0.280 e. The molecule has 0 atom stereocenters. The molecule has 2 aliphatic rings. The Morgan fingerprint density at radius 3 is 2.59 bits per heavy atom. The minimum atomic E-state index is -0.637. The topological polar surface area (TPSA) is 98.0 Å². The number of pyridine rings is 1. The maximum absolute atomic E-state index is 14.4. The summed E-state index contributed by atoms with van der Waals surface area (Å²) in [5.41, 5.74) is 0.921. The average Bonchev–Trinajstić information content (AvgIpc) is 3.21. The van der Waals surface area contributed by atoms with Crippen LogP contribution in [0, 0.1) is 24.1 Å². The highest BCUT2D eigenvalue weighted by Crippen LogP contribution is 2.25. The monoisotopic (exact) mass is 460 g/mol. The summed E-state index contributed by atoms with van der Waals surface area (Å²) in [6.07, 6.45) is 6.72. The van der Waals surface area contributed by atoms with E-state index in [1.807, 2.05) is 4.90 Å². The Morgan fingerprint density at radius 1 is 1.15 bits per heavy atom. The van der Waals surface area contributed by atoms with Crippen LogP contribution in [-0.4, -0.2) is 62.7 Å². The molecule has 2 aromatic heterocycles. The Balaban J connectivity index is 1.31. The van der Waals surface area contributed by atoms with Crippen LogP contribution in [0.1, 0.15) is 40.7 Å². The number of carbonyl (C=O) groups is 1. The molecule has 0 bridgehead atoms. The number of likely N-dealkylation sites (tertiary alicyclic amines) is 2. The van der Waals surface area contributed by atoms with Crippen LogP contribution in [0.4, 0.5) is 4.39 Å². The number of aromatic amines is 1. The first kappa shape index (κ1) is 22.0. The lowest BCUT2D eigenvalue weighted by Gasteiger charge is -2.46. The summed E-state index contributed by atoms with van der Waals surface area (Å²) in [6.45, 7) is 5.24. The first-order chi connectivity index (χ1) is 16.5. The Labute approximate surface area is 196 Å². The third kappa shape index (κ3) is 3.80. The van der Waals surface area contributed by atoms with Crippen molar-refractivity contribution in [3.63, 3.8) is 0 Å². The van der Waals surface area contributed by atoms with Crippen molar-refractivity contribution in [2.75, 3.05) is 26.2 Å². The van der Waals surface area contributed by atoms with E-state index in [1.165, 1.54) is 49.3 Å². The number of nitrogens with zero attached hydrogens (tertiary/aromatic N) is 5. The van der Waals surface area contributed by atoms with Crippen molar-refractivity contribution < 1.29 is 9.18 Å². The summed E-state index contributed by atoms with van der Waals surface area (Å²) in [6, 6.07) is 8.45. The van der Waals surface area contributed by atoms with Crippen molar-refractivity contribution in [3.05, 3.63) is 69.5 Å². The molecule has 0 spiro atoms. The van der Waals surface area contributed by atoms with Gasteiger partial charge in [-0.1, -0.05) is 12.5 Å². The van der Waals surface area contributed by atoms with Crippen molar-refractivity contribution in [1.82, 2.24) is 24.6 Å². The Bertz CT molecular complexity index is 1320.